The van der Waals surface area contributed by atoms with E-state index in [9.17, 15) is 9.90 Å². The summed E-state index contributed by atoms with van der Waals surface area (Å²) in [6.07, 6.45) is -0.0464. The first-order valence-electron chi connectivity index (χ1n) is 9.22. The Morgan fingerprint density at radius 1 is 1.10 bits per heavy atom. The molecule has 29 heavy (non-hydrogen) atoms. The molecule has 0 unspecified atom stereocenters. The molecule has 3 aromatic rings. The average Bonchev–Trinajstić information content (AvgIpc) is 2.67. The van der Waals surface area contributed by atoms with E-state index in [-0.39, 0.29) is 18.3 Å². The molecule has 150 valence electrons. The van der Waals surface area contributed by atoms with Crippen molar-refractivity contribution in [3.05, 3.63) is 76.4 Å². The molecule has 0 radical (unpaired) electrons. The lowest BCUT2D eigenvalue weighted by Gasteiger charge is -2.16. The summed E-state index contributed by atoms with van der Waals surface area (Å²) in [7, 11) is 0. The number of benzene rings is 2. The van der Waals surface area contributed by atoms with Gasteiger partial charge in [0.1, 0.15) is 18.1 Å². The average molecular weight is 412 g/mol. The van der Waals surface area contributed by atoms with Gasteiger partial charge in [0.25, 0.3) is 0 Å². The zero-order valence-electron chi connectivity index (χ0n) is 16.5. The molecule has 0 fully saturated rings. The molecule has 0 bridgehead atoms. The molecule has 1 heterocycles. The molecule has 6 heteroatoms. The fourth-order valence-corrected chi connectivity index (χ4v) is 2.96. The standard InChI is InChI=1S/C23H22ClNO4/c1-14(2)29-22-12-16(24)6-9-18(22)20-11-10-19(23(26)27)21(25-20)13-28-17-7-4-15(3)5-8-17/h4-12,14H,13H2,1-3H3,(H,26,27). The molecule has 2 aromatic carbocycles. The molecule has 0 spiro atoms. The number of aryl methyl sites for hydroxylation is 1. The SMILES string of the molecule is Cc1ccc(OCc2nc(-c3ccc(Cl)cc3OC(C)C)ccc2C(=O)O)cc1. The van der Waals surface area contributed by atoms with Gasteiger partial charge in [-0.3, -0.25) is 0 Å². The fraction of sp³-hybridized carbons (Fsp3) is 0.217. The minimum Gasteiger partial charge on any atom is -0.490 e. The van der Waals surface area contributed by atoms with Crippen molar-refractivity contribution in [3.63, 3.8) is 0 Å². The van der Waals surface area contributed by atoms with Gasteiger partial charge in [-0.1, -0.05) is 29.3 Å². The maximum absolute atomic E-state index is 11.6. The van der Waals surface area contributed by atoms with E-state index in [0.717, 1.165) is 11.1 Å². The fourth-order valence-electron chi connectivity index (χ4n) is 2.80. The molecular weight excluding hydrogens is 390 g/mol. The number of hydrogen-bond donors (Lipinski definition) is 1. The van der Waals surface area contributed by atoms with Gasteiger partial charge < -0.3 is 14.6 Å². The molecule has 0 atom stereocenters. The highest BCUT2D eigenvalue weighted by Gasteiger charge is 2.17. The zero-order chi connectivity index (χ0) is 21.0. The van der Waals surface area contributed by atoms with Crippen LogP contribution in [-0.4, -0.2) is 22.2 Å². The lowest BCUT2D eigenvalue weighted by Crippen LogP contribution is -2.10. The van der Waals surface area contributed by atoms with Crippen molar-refractivity contribution < 1.29 is 19.4 Å². The van der Waals surface area contributed by atoms with E-state index >= 15 is 0 Å². The van der Waals surface area contributed by atoms with Gasteiger partial charge in [-0.2, -0.15) is 0 Å². The molecule has 0 aliphatic carbocycles. The number of halogens is 1. The smallest absolute Gasteiger partial charge is 0.337 e. The summed E-state index contributed by atoms with van der Waals surface area (Å²) in [5.74, 6) is 0.184. The van der Waals surface area contributed by atoms with E-state index in [2.05, 4.69) is 4.98 Å². The summed E-state index contributed by atoms with van der Waals surface area (Å²) in [6, 6.07) is 16.0. The number of hydrogen-bond acceptors (Lipinski definition) is 4. The third-order valence-corrected chi connectivity index (χ3v) is 4.42. The minimum atomic E-state index is -1.05. The maximum Gasteiger partial charge on any atom is 0.337 e. The molecule has 0 amide bonds. The normalized spacial score (nSPS) is 10.8. The third kappa shape index (κ3) is 5.27. The van der Waals surface area contributed by atoms with Crippen LogP contribution in [0.2, 0.25) is 5.02 Å². The van der Waals surface area contributed by atoms with Crippen LogP contribution >= 0.6 is 11.6 Å². The molecule has 0 aliphatic heterocycles. The van der Waals surface area contributed by atoms with Gasteiger partial charge in [0.05, 0.1) is 23.1 Å². The Hall–Kier alpha value is -3.05. The number of carbonyl (C=O) groups is 1. The third-order valence-electron chi connectivity index (χ3n) is 4.18. The van der Waals surface area contributed by atoms with Crippen LogP contribution in [0.4, 0.5) is 0 Å². The Balaban J connectivity index is 1.96. The van der Waals surface area contributed by atoms with E-state index in [4.69, 9.17) is 21.1 Å². The van der Waals surface area contributed by atoms with Crippen molar-refractivity contribution in [2.45, 2.75) is 33.5 Å². The monoisotopic (exact) mass is 411 g/mol. The van der Waals surface area contributed by atoms with Crippen LogP contribution in [0, 0.1) is 6.92 Å². The highest BCUT2D eigenvalue weighted by molar-refractivity contribution is 6.30. The van der Waals surface area contributed by atoms with E-state index in [0.29, 0.717) is 27.9 Å². The van der Waals surface area contributed by atoms with Crippen LogP contribution in [-0.2, 0) is 6.61 Å². The second kappa shape index (κ2) is 8.97. The molecule has 5 nitrogen and oxygen atoms in total. The first-order valence-corrected chi connectivity index (χ1v) is 9.60. The molecule has 1 aromatic heterocycles. The molecule has 0 saturated heterocycles. The summed E-state index contributed by atoms with van der Waals surface area (Å²) in [5, 5.41) is 10.1. The Bertz CT molecular complexity index is 1020. The predicted molar refractivity (Wildman–Crippen MR) is 113 cm³/mol. The van der Waals surface area contributed by atoms with Crippen LogP contribution < -0.4 is 9.47 Å². The van der Waals surface area contributed by atoms with Crippen molar-refractivity contribution in [2.75, 3.05) is 0 Å². The Kier molecular flexibility index (Phi) is 6.39. The number of nitrogens with zero attached hydrogens (tertiary/aromatic N) is 1. The first kappa shape index (κ1) is 20.7. The van der Waals surface area contributed by atoms with Gasteiger partial charge >= 0.3 is 5.97 Å². The van der Waals surface area contributed by atoms with Crippen molar-refractivity contribution >= 4 is 17.6 Å². The largest absolute Gasteiger partial charge is 0.490 e. The van der Waals surface area contributed by atoms with Crippen molar-refractivity contribution in [3.8, 4) is 22.8 Å². The summed E-state index contributed by atoms with van der Waals surface area (Å²) in [6.45, 7) is 5.87. The number of carboxylic acids is 1. The number of rotatable bonds is 7. The Morgan fingerprint density at radius 2 is 1.83 bits per heavy atom. The highest BCUT2D eigenvalue weighted by Crippen LogP contribution is 2.33. The van der Waals surface area contributed by atoms with Crippen LogP contribution in [0.25, 0.3) is 11.3 Å². The van der Waals surface area contributed by atoms with E-state index in [1.165, 1.54) is 6.07 Å². The quantitative estimate of drug-likeness (QED) is 0.534. The topological polar surface area (TPSA) is 68.7 Å². The second-order valence-corrected chi connectivity index (χ2v) is 7.34. The van der Waals surface area contributed by atoms with Crippen molar-refractivity contribution in [2.24, 2.45) is 0 Å². The Morgan fingerprint density at radius 3 is 2.48 bits per heavy atom. The predicted octanol–water partition coefficient (Wildman–Crippen LogP) is 5.77. The van der Waals surface area contributed by atoms with Gasteiger partial charge in [0, 0.05) is 10.6 Å². The molecule has 1 N–H and O–H groups in total. The maximum atomic E-state index is 11.6. The highest BCUT2D eigenvalue weighted by atomic mass is 35.5. The lowest BCUT2D eigenvalue weighted by molar-refractivity contribution is 0.0693. The zero-order valence-corrected chi connectivity index (χ0v) is 17.2. The number of pyridine rings is 1. The summed E-state index contributed by atoms with van der Waals surface area (Å²) in [5.41, 5.74) is 2.87. The van der Waals surface area contributed by atoms with Gasteiger partial charge in [0.2, 0.25) is 0 Å². The first-order chi connectivity index (χ1) is 13.8. The van der Waals surface area contributed by atoms with E-state index in [1.54, 1.807) is 18.2 Å². The van der Waals surface area contributed by atoms with E-state index < -0.39 is 5.97 Å². The number of aromatic nitrogens is 1. The van der Waals surface area contributed by atoms with Crippen molar-refractivity contribution in [1.82, 2.24) is 4.98 Å². The molecule has 0 saturated carbocycles. The van der Waals surface area contributed by atoms with Gasteiger partial charge in [-0.15, -0.1) is 0 Å². The van der Waals surface area contributed by atoms with Crippen LogP contribution in [0.5, 0.6) is 11.5 Å². The lowest BCUT2D eigenvalue weighted by atomic mass is 10.1. The minimum absolute atomic E-state index is 0.0342. The van der Waals surface area contributed by atoms with Crippen LogP contribution in [0.1, 0.15) is 35.5 Å². The number of aromatic carboxylic acids is 1. The van der Waals surface area contributed by atoms with Gasteiger partial charge in [-0.25, -0.2) is 9.78 Å². The van der Waals surface area contributed by atoms with Crippen LogP contribution in [0.15, 0.2) is 54.6 Å². The van der Waals surface area contributed by atoms with Gasteiger partial charge in [-0.05, 0) is 63.2 Å². The molecule has 0 aliphatic rings. The molecule has 3 rings (SSSR count). The molecular formula is C23H22ClNO4. The van der Waals surface area contributed by atoms with Crippen LogP contribution in [0.3, 0.4) is 0 Å². The summed E-state index contributed by atoms with van der Waals surface area (Å²) in [4.78, 5) is 16.2. The number of carboxylic acid groups (broad SMARTS) is 1. The summed E-state index contributed by atoms with van der Waals surface area (Å²) < 4.78 is 11.6. The summed E-state index contributed by atoms with van der Waals surface area (Å²) >= 11 is 6.12. The second-order valence-electron chi connectivity index (χ2n) is 6.90. The number of ether oxygens (including phenoxy) is 2. The van der Waals surface area contributed by atoms with Gasteiger partial charge in [0.15, 0.2) is 0 Å². The Labute approximate surface area is 174 Å². The van der Waals surface area contributed by atoms with E-state index in [1.807, 2.05) is 51.1 Å². The van der Waals surface area contributed by atoms with Crippen molar-refractivity contribution in [1.29, 1.82) is 0 Å².